The van der Waals surface area contributed by atoms with Crippen molar-refractivity contribution in [3.63, 3.8) is 0 Å². The summed E-state index contributed by atoms with van der Waals surface area (Å²) in [6, 6.07) is 7.76. The number of hydrogen-bond acceptors (Lipinski definition) is 4. The second kappa shape index (κ2) is 6.33. The van der Waals surface area contributed by atoms with E-state index in [-0.39, 0.29) is 16.7 Å². The topological polar surface area (TPSA) is 72.4 Å². The third-order valence-electron chi connectivity index (χ3n) is 4.39. The van der Waals surface area contributed by atoms with Gasteiger partial charge in [-0.15, -0.1) is 0 Å². The van der Waals surface area contributed by atoms with Crippen molar-refractivity contribution in [3.8, 4) is 0 Å². The van der Waals surface area contributed by atoms with Crippen molar-refractivity contribution in [2.24, 2.45) is 5.73 Å². The minimum Gasteiger partial charge on any atom is -0.329 e. The number of nitro benzene ring substituents is 1. The van der Waals surface area contributed by atoms with Gasteiger partial charge in [-0.3, -0.25) is 15.0 Å². The van der Waals surface area contributed by atoms with Gasteiger partial charge in [0.1, 0.15) is 0 Å². The van der Waals surface area contributed by atoms with Gasteiger partial charge in [-0.25, -0.2) is 0 Å². The van der Waals surface area contributed by atoms with Crippen molar-refractivity contribution in [1.29, 1.82) is 0 Å². The molecule has 1 saturated heterocycles. The number of para-hydroxylation sites is 1. The van der Waals surface area contributed by atoms with E-state index in [0.717, 1.165) is 18.4 Å². The Bertz CT molecular complexity index is 478. The fourth-order valence-electron chi connectivity index (χ4n) is 3.41. The molecule has 5 heteroatoms. The van der Waals surface area contributed by atoms with Gasteiger partial charge in [-0.2, -0.15) is 0 Å². The van der Waals surface area contributed by atoms with Crippen LogP contribution >= 0.6 is 0 Å². The summed E-state index contributed by atoms with van der Waals surface area (Å²) >= 11 is 0. The van der Waals surface area contributed by atoms with Gasteiger partial charge < -0.3 is 5.73 Å². The first kappa shape index (κ1) is 14.9. The van der Waals surface area contributed by atoms with E-state index in [2.05, 4.69) is 11.8 Å². The van der Waals surface area contributed by atoms with Gasteiger partial charge in [0.15, 0.2) is 0 Å². The molecule has 1 aliphatic heterocycles. The van der Waals surface area contributed by atoms with Crippen LogP contribution in [0.3, 0.4) is 0 Å². The lowest BCUT2D eigenvalue weighted by Gasteiger charge is -2.44. The van der Waals surface area contributed by atoms with E-state index in [1.54, 1.807) is 12.1 Å². The number of piperidine rings is 1. The molecule has 0 amide bonds. The highest BCUT2D eigenvalue weighted by Gasteiger charge is 2.33. The first-order chi connectivity index (χ1) is 9.56. The Morgan fingerprint density at radius 1 is 1.45 bits per heavy atom. The van der Waals surface area contributed by atoms with Crippen LogP contribution in [-0.4, -0.2) is 28.5 Å². The molecule has 0 aromatic heterocycles. The van der Waals surface area contributed by atoms with Gasteiger partial charge in [0.2, 0.25) is 0 Å². The maximum Gasteiger partial charge on any atom is 0.274 e. The number of rotatable bonds is 4. The molecule has 3 unspecified atom stereocenters. The van der Waals surface area contributed by atoms with E-state index in [4.69, 9.17) is 5.73 Å². The summed E-state index contributed by atoms with van der Waals surface area (Å²) in [6.07, 6.45) is 3.39. The fourth-order valence-corrected chi connectivity index (χ4v) is 3.41. The third kappa shape index (κ3) is 2.83. The molecule has 0 bridgehead atoms. The molecular formula is C15H23N3O2. The standard InChI is InChI=1S/C15H23N3O2/c1-11-6-5-7-13(10-16)17(11)12(2)14-8-3-4-9-15(14)18(19)20/h3-4,8-9,11-13H,5-7,10,16H2,1-2H3. The smallest absolute Gasteiger partial charge is 0.274 e. The van der Waals surface area contributed by atoms with Gasteiger partial charge >= 0.3 is 0 Å². The molecule has 20 heavy (non-hydrogen) atoms. The minimum absolute atomic E-state index is 0.0143. The summed E-state index contributed by atoms with van der Waals surface area (Å²) in [5, 5.41) is 11.2. The summed E-state index contributed by atoms with van der Waals surface area (Å²) in [5.74, 6) is 0. The molecule has 1 aromatic carbocycles. The number of benzene rings is 1. The zero-order valence-electron chi connectivity index (χ0n) is 12.2. The highest BCUT2D eigenvalue weighted by molar-refractivity contribution is 5.42. The van der Waals surface area contributed by atoms with E-state index in [9.17, 15) is 10.1 Å². The molecule has 0 spiro atoms. The maximum absolute atomic E-state index is 11.2. The molecule has 0 radical (unpaired) electrons. The second-order valence-electron chi connectivity index (χ2n) is 5.61. The Hall–Kier alpha value is -1.46. The van der Waals surface area contributed by atoms with Crippen LogP contribution in [0.4, 0.5) is 5.69 Å². The largest absolute Gasteiger partial charge is 0.329 e. The van der Waals surface area contributed by atoms with E-state index in [0.29, 0.717) is 18.6 Å². The van der Waals surface area contributed by atoms with Crippen molar-refractivity contribution in [2.45, 2.75) is 51.2 Å². The van der Waals surface area contributed by atoms with Crippen molar-refractivity contribution >= 4 is 5.69 Å². The van der Waals surface area contributed by atoms with Gasteiger partial charge in [0.25, 0.3) is 5.69 Å². The zero-order valence-corrected chi connectivity index (χ0v) is 12.2. The highest BCUT2D eigenvalue weighted by atomic mass is 16.6. The molecule has 0 aliphatic carbocycles. The van der Waals surface area contributed by atoms with Crippen LogP contribution in [0.5, 0.6) is 0 Å². The second-order valence-corrected chi connectivity index (χ2v) is 5.61. The first-order valence-corrected chi connectivity index (χ1v) is 7.27. The quantitative estimate of drug-likeness (QED) is 0.678. The molecule has 1 aromatic rings. The summed E-state index contributed by atoms with van der Waals surface area (Å²) < 4.78 is 0. The lowest BCUT2D eigenvalue weighted by Crippen LogP contribution is -2.49. The van der Waals surface area contributed by atoms with Crippen molar-refractivity contribution in [1.82, 2.24) is 4.90 Å². The Balaban J connectivity index is 2.34. The number of nitrogens with zero attached hydrogens (tertiary/aromatic N) is 2. The SMILES string of the molecule is CC1CCCC(CN)N1C(C)c1ccccc1[N+](=O)[O-]. The molecule has 1 aliphatic rings. The maximum atomic E-state index is 11.2. The molecule has 2 rings (SSSR count). The fraction of sp³-hybridized carbons (Fsp3) is 0.600. The Morgan fingerprint density at radius 2 is 2.15 bits per heavy atom. The number of hydrogen-bond donors (Lipinski definition) is 1. The monoisotopic (exact) mass is 277 g/mol. The van der Waals surface area contributed by atoms with Crippen molar-refractivity contribution in [3.05, 3.63) is 39.9 Å². The van der Waals surface area contributed by atoms with Gasteiger partial charge in [0.05, 0.1) is 4.92 Å². The zero-order chi connectivity index (χ0) is 14.7. The molecular weight excluding hydrogens is 254 g/mol. The summed E-state index contributed by atoms with van der Waals surface area (Å²) in [7, 11) is 0. The van der Waals surface area contributed by atoms with Crippen LogP contribution < -0.4 is 5.73 Å². The van der Waals surface area contributed by atoms with Crippen LogP contribution in [0.25, 0.3) is 0 Å². The third-order valence-corrected chi connectivity index (χ3v) is 4.39. The number of likely N-dealkylation sites (tertiary alicyclic amines) is 1. The summed E-state index contributed by atoms with van der Waals surface area (Å²) in [6.45, 7) is 4.84. The van der Waals surface area contributed by atoms with E-state index < -0.39 is 0 Å². The summed E-state index contributed by atoms with van der Waals surface area (Å²) in [5.41, 5.74) is 6.88. The minimum atomic E-state index is -0.294. The van der Waals surface area contributed by atoms with Gasteiger partial charge in [-0.05, 0) is 26.7 Å². The normalized spacial score (nSPS) is 25.4. The lowest BCUT2D eigenvalue weighted by molar-refractivity contribution is -0.386. The molecule has 3 atom stereocenters. The van der Waals surface area contributed by atoms with Gasteiger partial charge in [-0.1, -0.05) is 24.6 Å². The van der Waals surface area contributed by atoms with Crippen LogP contribution in [0.2, 0.25) is 0 Å². The first-order valence-electron chi connectivity index (χ1n) is 7.27. The lowest BCUT2D eigenvalue weighted by atomic mass is 9.92. The molecule has 110 valence electrons. The molecule has 2 N–H and O–H groups in total. The molecule has 5 nitrogen and oxygen atoms in total. The molecule has 1 heterocycles. The van der Waals surface area contributed by atoms with Crippen LogP contribution in [0.15, 0.2) is 24.3 Å². The molecule has 0 saturated carbocycles. The van der Waals surface area contributed by atoms with Crippen LogP contribution in [-0.2, 0) is 0 Å². The number of nitro groups is 1. The summed E-state index contributed by atoms with van der Waals surface area (Å²) in [4.78, 5) is 13.3. The van der Waals surface area contributed by atoms with E-state index in [1.165, 1.54) is 6.42 Å². The van der Waals surface area contributed by atoms with Crippen LogP contribution in [0, 0.1) is 10.1 Å². The molecule has 1 fully saturated rings. The number of nitrogens with two attached hydrogens (primary N) is 1. The van der Waals surface area contributed by atoms with Crippen molar-refractivity contribution in [2.75, 3.05) is 6.54 Å². The predicted octanol–water partition coefficient (Wildman–Crippen LogP) is 2.86. The Labute approximate surface area is 119 Å². The Morgan fingerprint density at radius 3 is 2.80 bits per heavy atom. The van der Waals surface area contributed by atoms with E-state index in [1.807, 2.05) is 19.1 Å². The average Bonchev–Trinajstić information content (AvgIpc) is 2.46. The Kier molecular flexibility index (Phi) is 4.73. The van der Waals surface area contributed by atoms with Crippen LogP contribution in [0.1, 0.15) is 44.7 Å². The van der Waals surface area contributed by atoms with E-state index >= 15 is 0 Å². The van der Waals surface area contributed by atoms with Gasteiger partial charge in [0, 0.05) is 36.3 Å². The average molecular weight is 277 g/mol. The van der Waals surface area contributed by atoms with Crippen molar-refractivity contribution < 1.29 is 4.92 Å². The highest BCUT2D eigenvalue weighted by Crippen LogP contribution is 2.35. The predicted molar refractivity (Wildman–Crippen MR) is 79.5 cm³/mol.